The van der Waals surface area contributed by atoms with Crippen LogP contribution in [0.25, 0.3) is 0 Å². The first-order chi connectivity index (χ1) is 8.20. The second-order valence-corrected chi connectivity index (χ2v) is 4.22. The van der Waals surface area contributed by atoms with E-state index in [1.807, 2.05) is 35.0 Å². The third-order valence-corrected chi connectivity index (χ3v) is 2.91. The summed E-state index contributed by atoms with van der Waals surface area (Å²) in [6.45, 7) is 5.98. The molecule has 92 valence electrons. The van der Waals surface area contributed by atoms with Crippen molar-refractivity contribution in [2.75, 3.05) is 5.32 Å². The molecule has 0 bridgehead atoms. The summed E-state index contributed by atoms with van der Waals surface area (Å²) in [5.41, 5.74) is 3.47. The molecule has 0 amide bonds. The summed E-state index contributed by atoms with van der Waals surface area (Å²) in [6, 6.07) is 0. The zero-order valence-electron chi connectivity index (χ0n) is 10.6. The summed E-state index contributed by atoms with van der Waals surface area (Å²) in [6.07, 6.45) is 6.90. The maximum atomic E-state index is 4.28. The smallest absolute Gasteiger partial charge is 0.0729 e. The van der Waals surface area contributed by atoms with Crippen molar-refractivity contribution in [1.82, 2.24) is 19.6 Å². The fourth-order valence-corrected chi connectivity index (χ4v) is 1.72. The minimum absolute atomic E-state index is 0.789. The van der Waals surface area contributed by atoms with Crippen LogP contribution in [0.15, 0.2) is 18.6 Å². The summed E-state index contributed by atoms with van der Waals surface area (Å²) >= 11 is 0. The first-order valence-corrected chi connectivity index (χ1v) is 5.94. The van der Waals surface area contributed by atoms with Gasteiger partial charge in [-0.3, -0.25) is 9.36 Å². The van der Waals surface area contributed by atoms with Crippen LogP contribution in [0, 0.1) is 6.92 Å². The Balaban J connectivity index is 1.95. The SMILES string of the molecule is CCCn1cc(NCc2cnn(C)c2C)cn1. The zero-order valence-corrected chi connectivity index (χ0v) is 10.6. The molecule has 0 saturated heterocycles. The van der Waals surface area contributed by atoms with Crippen molar-refractivity contribution in [3.05, 3.63) is 29.8 Å². The molecule has 5 nitrogen and oxygen atoms in total. The Bertz CT molecular complexity index is 483. The van der Waals surface area contributed by atoms with E-state index >= 15 is 0 Å². The molecule has 0 aromatic carbocycles. The van der Waals surface area contributed by atoms with Gasteiger partial charge in [0.25, 0.3) is 0 Å². The van der Waals surface area contributed by atoms with Gasteiger partial charge in [0.2, 0.25) is 0 Å². The minimum Gasteiger partial charge on any atom is -0.378 e. The average molecular weight is 233 g/mol. The summed E-state index contributed by atoms with van der Waals surface area (Å²) in [7, 11) is 1.96. The molecular weight excluding hydrogens is 214 g/mol. The van der Waals surface area contributed by atoms with Crippen molar-refractivity contribution >= 4 is 5.69 Å². The van der Waals surface area contributed by atoms with Gasteiger partial charge in [-0.25, -0.2) is 0 Å². The van der Waals surface area contributed by atoms with E-state index in [0.29, 0.717) is 0 Å². The van der Waals surface area contributed by atoms with Crippen LogP contribution in [0.2, 0.25) is 0 Å². The molecule has 0 saturated carbocycles. The largest absolute Gasteiger partial charge is 0.378 e. The van der Waals surface area contributed by atoms with Gasteiger partial charge in [0, 0.05) is 37.6 Å². The summed E-state index contributed by atoms with van der Waals surface area (Å²) in [4.78, 5) is 0. The molecule has 2 aromatic heterocycles. The van der Waals surface area contributed by atoms with E-state index in [4.69, 9.17) is 0 Å². The van der Waals surface area contributed by atoms with Crippen molar-refractivity contribution in [3.8, 4) is 0 Å². The summed E-state index contributed by atoms with van der Waals surface area (Å²) in [5.74, 6) is 0. The van der Waals surface area contributed by atoms with E-state index in [1.54, 1.807) is 0 Å². The normalized spacial score (nSPS) is 10.8. The molecule has 0 atom stereocenters. The van der Waals surface area contributed by atoms with Crippen LogP contribution in [0.5, 0.6) is 0 Å². The van der Waals surface area contributed by atoms with Gasteiger partial charge in [-0.2, -0.15) is 10.2 Å². The maximum absolute atomic E-state index is 4.28. The van der Waals surface area contributed by atoms with Crippen LogP contribution in [0.4, 0.5) is 5.69 Å². The highest BCUT2D eigenvalue weighted by atomic mass is 15.3. The summed E-state index contributed by atoms with van der Waals surface area (Å²) in [5, 5.41) is 11.9. The molecule has 1 N–H and O–H groups in total. The molecule has 2 heterocycles. The lowest BCUT2D eigenvalue weighted by molar-refractivity contribution is 0.603. The molecule has 17 heavy (non-hydrogen) atoms. The molecule has 0 radical (unpaired) electrons. The lowest BCUT2D eigenvalue weighted by Gasteiger charge is -2.02. The van der Waals surface area contributed by atoms with Crippen molar-refractivity contribution in [3.63, 3.8) is 0 Å². The highest BCUT2D eigenvalue weighted by Crippen LogP contribution is 2.10. The van der Waals surface area contributed by atoms with Crippen LogP contribution in [-0.2, 0) is 20.1 Å². The molecule has 0 fully saturated rings. The van der Waals surface area contributed by atoms with Gasteiger partial charge in [-0.1, -0.05) is 6.92 Å². The monoisotopic (exact) mass is 233 g/mol. The highest BCUT2D eigenvalue weighted by Gasteiger charge is 2.03. The van der Waals surface area contributed by atoms with Gasteiger partial charge >= 0.3 is 0 Å². The molecule has 2 aromatic rings. The Morgan fingerprint density at radius 2 is 2.12 bits per heavy atom. The standard InChI is InChI=1S/C12H19N5/c1-4-5-17-9-12(8-15-17)13-6-11-7-14-16(3)10(11)2/h7-9,13H,4-6H2,1-3H3. The maximum Gasteiger partial charge on any atom is 0.0729 e. The van der Waals surface area contributed by atoms with Crippen molar-refractivity contribution in [1.29, 1.82) is 0 Å². The Kier molecular flexibility index (Phi) is 3.46. The number of nitrogens with one attached hydrogen (secondary N) is 1. The van der Waals surface area contributed by atoms with Crippen LogP contribution in [0.1, 0.15) is 24.6 Å². The fourth-order valence-electron chi connectivity index (χ4n) is 1.72. The number of rotatable bonds is 5. The first kappa shape index (κ1) is 11.7. The number of aromatic nitrogens is 4. The molecule has 0 aliphatic carbocycles. The van der Waals surface area contributed by atoms with Crippen LogP contribution in [-0.4, -0.2) is 19.6 Å². The van der Waals surface area contributed by atoms with Crippen LogP contribution < -0.4 is 5.32 Å². The molecule has 0 spiro atoms. The van der Waals surface area contributed by atoms with E-state index in [1.165, 1.54) is 11.3 Å². The van der Waals surface area contributed by atoms with Crippen molar-refractivity contribution < 1.29 is 0 Å². The van der Waals surface area contributed by atoms with E-state index in [9.17, 15) is 0 Å². The van der Waals surface area contributed by atoms with Gasteiger partial charge in [-0.15, -0.1) is 0 Å². The molecular formula is C12H19N5. The number of hydrogen-bond acceptors (Lipinski definition) is 3. The topological polar surface area (TPSA) is 47.7 Å². The third kappa shape index (κ3) is 2.67. The van der Waals surface area contributed by atoms with Crippen molar-refractivity contribution in [2.24, 2.45) is 7.05 Å². The fraction of sp³-hybridized carbons (Fsp3) is 0.500. The van der Waals surface area contributed by atoms with E-state index < -0.39 is 0 Å². The molecule has 0 unspecified atom stereocenters. The average Bonchev–Trinajstić information content (AvgIpc) is 2.87. The van der Waals surface area contributed by atoms with E-state index in [-0.39, 0.29) is 0 Å². The number of anilines is 1. The van der Waals surface area contributed by atoms with Crippen LogP contribution >= 0.6 is 0 Å². The predicted molar refractivity (Wildman–Crippen MR) is 67.8 cm³/mol. The Morgan fingerprint density at radius 3 is 2.76 bits per heavy atom. The lowest BCUT2D eigenvalue weighted by Crippen LogP contribution is -2.01. The second kappa shape index (κ2) is 5.03. The van der Waals surface area contributed by atoms with Gasteiger partial charge in [-0.05, 0) is 13.3 Å². The zero-order chi connectivity index (χ0) is 12.3. The molecule has 2 rings (SSSR count). The molecule has 0 aliphatic heterocycles. The van der Waals surface area contributed by atoms with E-state index in [2.05, 4.69) is 29.4 Å². The first-order valence-electron chi connectivity index (χ1n) is 5.94. The third-order valence-electron chi connectivity index (χ3n) is 2.91. The molecule has 0 aliphatic rings. The quantitative estimate of drug-likeness (QED) is 0.858. The number of hydrogen-bond donors (Lipinski definition) is 1. The Morgan fingerprint density at radius 1 is 1.29 bits per heavy atom. The van der Waals surface area contributed by atoms with Crippen molar-refractivity contribution in [2.45, 2.75) is 33.4 Å². The highest BCUT2D eigenvalue weighted by molar-refractivity contribution is 5.39. The number of aryl methyl sites for hydroxylation is 2. The van der Waals surface area contributed by atoms with E-state index in [0.717, 1.165) is 25.2 Å². The van der Waals surface area contributed by atoms with Gasteiger partial charge in [0.1, 0.15) is 0 Å². The Labute approximate surface area is 101 Å². The Hall–Kier alpha value is -1.78. The lowest BCUT2D eigenvalue weighted by atomic mass is 10.2. The molecule has 5 heteroatoms. The minimum atomic E-state index is 0.789. The van der Waals surface area contributed by atoms with Gasteiger partial charge in [0.15, 0.2) is 0 Å². The van der Waals surface area contributed by atoms with Crippen LogP contribution in [0.3, 0.4) is 0 Å². The summed E-state index contributed by atoms with van der Waals surface area (Å²) < 4.78 is 3.84. The predicted octanol–water partition coefficient (Wildman–Crippen LogP) is 1.95. The van der Waals surface area contributed by atoms with Gasteiger partial charge in [0.05, 0.1) is 18.1 Å². The second-order valence-electron chi connectivity index (χ2n) is 4.22. The van der Waals surface area contributed by atoms with Gasteiger partial charge < -0.3 is 5.32 Å². The number of nitrogens with zero attached hydrogens (tertiary/aromatic N) is 4.